The van der Waals surface area contributed by atoms with E-state index in [0.29, 0.717) is 12.6 Å². The zero-order chi connectivity index (χ0) is 17.2. The molecule has 3 aliphatic heterocycles. The van der Waals surface area contributed by atoms with Gasteiger partial charge in [0, 0.05) is 58.4 Å². The fourth-order valence-corrected chi connectivity index (χ4v) is 4.61. The minimum atomic E-state index is 0.177. The lowest BCUT2D eigenvalue weighted by molar-refractivity contribution is -0.136. The van der Waals surface area contributed by atoms with E-state index in [1.165, 1.54) is 11.3 Å². The van der Waals surface area contributed by atoms with Gasteiger partial charge < -0.3 is 9.80 Å². The van der Waals surface area contributed by atoms with Crippen molar-refractivity contribution in [1.29, 1.82) is 0 Å². The Kier molecular flexibility index (Phi) is 5.05. The lowest BCUT2D eigenvalue weighted by Crippen LogP contribution is -2.54. The number of rotatable bonds is 4. The van der Waals surface area contributed by atoms with Gasteiger partial charge in [-0.3, -0.25) is 19.4 Å². The molecule has 6 nitrogen and oxygen atoms in total. The maximum absolute atomic E-state index is 12.5. The van der Waals surface area contributed by atoms with E-state index in [9.17, 15) is 9.59 Å². The summed E-state index contributed by atoms with van der Waals surface area (Å²) in [6.07, 6.45) is 2.21. The van der Waals surface area contributed by atoms with Crippen LogP contribution in [0.1, 0.15) is 22.5 Å². The molecule has 0 aromatic carbocycles. The van der Waals surface area contributed by atoms with Crippen LogP contribution in [-0.2, 0) is 4.79 Å². The standard InChI is InChI=1S/C18H26N4O2S/c23-17(21-5-2-6-21)14-19-8-10-20(11-9-19)15-4-7-22(13-15)18(24)16-3-1-12-25-16/h1,3,12,15H,2,4-11,13-14H2. The number of carbonyl (C=O) groups is 2. The molecule has 0 N–H and O–H groups in total. The topological polar surface area (TPSA) is 47.1 Å². The second-order valence-electron chi connectivity index (χ2n) is 7.22. The van der Waals surface area contributed by atoms with E-state index in [0.717, 1.165) is 70.1 Å². The summed E-state index contributed by atoms with van der Waals surface area (Å²) in [5, 5.41) is 1.96. The fourth-order valence-electron chi connectivity index (χ4n) is 3.92. The van der Waals surface area contributed by atoms with E-state index in [1.54, 1.807) is 0 Å². The molecular weight excluding hydrogens is 336 g/mol. The van der Waals surface area contributed by atoms with Crippen LogP contribution in [0.4, 0.5) is 0 Å². The molecule has 0 spiro atoms. The van der Waals surface area contributed by atoms with Crippen LogP contribution in [0.5, 0.6) is 0 Å². The van der Waals surface area contributed by atoms with Gasteiger partial charge in [-0.1, -0.05) is 6.07 Å². The third kappa shape index (κ3) is 3.73. The van der Waals surface area contributed by atoms with E-state index < -0.39 is 0 Å². The lowest BCUT2D eigenvalue weighted by atomic mass is 10.2. The second-order valence-corrected chi connectivity index (χ2v) is 8.17. The van der Waals surface area contributed by atoms with Crippen molar-refractivity contribution in [1.82, 2.24) is 19.6 Å². The predicted octanol–water partition coefficient (Wildman–Crippen LogP) is 0.813. The maximum Gasteiger partial charge on any atom is 0.263 e. The Balaban J connectivity index is 1.23. The highest BCUT2D eigenvalue weighted by Gasteiger charge is 2.33. The Bertz CT molecular complexity index is 609. The van der Waals surface area contributed by atoms with Gasteiger partial charge in [-0.25, -0.2) is 0 Å². The number of thiophene rings is 1. The van der Waals surface area contributed by atoms with Crippen LogP contribution >= 0.6 is 11.3 Å². The Hall–Kier alpha value is -1.44. The van der Waals surface area contributed by atoms with Gasteiger partial charge in [-0.15, -0.1) is 11.3 Å². The van der Waals surface area contributed by atoms with Crippen molar-refractivity contribution < 1.29 is 9.59 Å². The average Bonchev–Trinajstić information content (AvgIpc) is 3.25. The van der Waals surface area contributed by atoms with Gasteiger partial charge in [0.25, 0.3) is 5.91 Å². The highest BCUT2D eigenvalue weighted by Crippen LogP contribution is 2.21. The highest BCUT2D eigenvalue weighted by molar-refractivity contribution is 7.12. The van der Waals surface area contributed by atoms with Crippen molar-refractivity contribution in [3.05, 3.63) is 22.4 Å². The van der Waals surface area contributed by atoms with Crippen LogP contribution in [0.25, 0.3) is 0 Å². The normalized spacial score (nSPS) is 25.2. The Morgan fingerprint density at radius 3 is 2.48 bits per heavy atom. The van der Waals surface area contributed by atoms with Gasteiger partial charge in [0.2, 0.25) is 5.91 Å². The fraction of sp³-hybridized carbons (Fsp3) is 0.667. The van der Waals surface area contributed by atoms with Crippen molar-refractivity contribution in [2.75, 3.05) is 58.9 Å². The molecule has 0 saturated carbocycles. The summed E-state index contributed by atoms with van der Waals surface area (Å²) in [6, 6.07) is 4.32. The summed E-state index contributed by atoms with van der Waals surface area (Å²) in [5.41, 5.74) is 0. The molecule has 3 aliphatic rings. The van der Waals surface area contributed by atoms with E-state index in [-0.39, 0.29) is 11.8 Å². The summed E-state index contributed by atoms with van der Waals surface area (Å²) < 4.78 is 0. The first-order chi connectivity index (χ1) is 12.2. The molecule has 7 heteroatoms. The predicted molar refractivity (Wildman–Crippen MR) is 97.8 cm³/mol. The molecule has 1 atom stereocenters. The molecule has 1 aromatic heterocycles. The van der Waals surface area contributed by atoms with E-state index in [1.807, 2.05) is 27.3 Å². The van der Waals surface area contributed by atoms with Gasteiger partial charge in [0.05, 0.1) is 11.4 Å². The van der Waals surface area contributed by atoms with Crippen LogP contribution in [0.15, 0.2) is 17.5 Å². The molecule has 2 amide bonds. The van der Waals surface area contributed by atoms with E-state index in [4.69, 9.17) is 0 Å². The number of nitrogens with zero attached hydrogens (tertiary/aromatic N) is 4. The molecule has 0 aliphatic carbocycles. The van der Waals surface area contributed by atoms with Gasteiger partial charge in [-0.05, 0) is 24.3 Å². The molecule has 1 unspecified atom stereocenters. The molecule has 3 saturated heterocycles. The van der Waals surface area contributed by atoms with Crippen molar-refractivity contribution >= 4 is 23.2 Å². The van der Waals surface area contributed by atoms with Crippen molar-refractivity contribution in [3.63, 3.8) is 0 Å². The molecule has 0 radical (unpaired) electrons. The first-order valence-electron chi connectivity index (χ1n) is 9.27. The van der Waals surface area contributed by atoms with Crippen molar-refractivity contribution in [2.24, 2.45) is 0 Å². The number of amides is 2. The van der Waals surface area contributed by atoms with E-state index >= 15 is 0 Å². The van der Waals surface area contributed by atoms with Crippen molar-refractivity contribution in [2.45, 2.75) is 18.9 Å². The van der Waals surface area contributed by atoms with Crippen molar-refractivity contribution in [3.8, 4) is 0 Å². The lowest BCUT2D eigenvalue weighted by Gasteiger charge is -2.39. The monoisotopic (exact) mass is 362 g/mol. The van der Waals surface area contributed by atoms with E-state index in [2.05, 4.69) is 9.80 Å². The summed E-state index contributed by atoms with van der Waals surface area (Å²) in [5.74, 6) is 0.463. The largest absolute Gasteiger partial charge is 0.341 e. The minimum Gasteiger partial charge on any atom is -0.341 e. The average molecular weight is 362 g/mol. The molecule has 1 aromatic rings. The SMILES string of the molecule is O=C(CN1CCN(C2CCN(C(=O)c3cccs3)C2)CC1)N1CCC1. The summed E-state index contributed by atoms with van der Waals surface area (Å²) in [6.45, 7) is 8.05. The highest BCUT2D eigenvalue weighted by atomic mass is 32.1. The molecule has 4 rings (SSSR count). The molecule has 25 heavy (non-hydrogen) atoms. The number of carbonyl (C=O) groups excluding carboxylic acids is 2. The summed E-state index contributed by atoms with van der Waals surface area (Å²) >= 11 is 1.52. The number of hydrogen-bond acceptors (Lipinski definition) is 5. The Labute approximate surface area is 153 Å². The Morgan fingerprint density at radius 2 is 1.84 bits per heavy atom. The molecule has 4 heterocycles. The molecule has 0 bridgehead atoms. The van der Waals surface area contributed by atoms with Crippen LogP contribution in [0, 0.1) is 0 Å². The first-order valence-corrected chi connectivity index (χ1v) is 10.2. The zero-order valence-electron chi connectivity index (χ0n) is 14.6. The number of piperazine rings is 1. The third-order valence-electron chi connectivity index (χ3n) is 5.67. The van der Waals surface area contributed by atoms with Gasteiger partial charge >= 0.3 is 0 Å². The Morgan fingerprint density at radius 1 is 1.04 bits per heavy atom. The van der Waals surface area contributed by atoms with Crippen LogP contribution in [0.3, 0.4) is 0 Å². The van der Waals surface area contributed by atoms with Crippen LogP contribution in [0.2, 0.25) is 0 Å². The van der Waals surface area contributed by atoms with Crippen LogP contribution in [-0.4, -0.2) is 96.4 Å². The van der Waals surface area contributed by atoms with Crippen LogP contribution < -0.4 is 0 Å². The first kappa shape index (κ1) is 17.0. The third-order valence-corrected chi connectivity index (χ3v) is 6.53. The molecular formula is C18H26N4O2S. The van der Waals surface area contributed by atoms with Gasteiger partial charge in [0.15, 0.2) is 0 Å². The minimum absolute atomic E-state index is 0.177. The second kappa shape index (κ2) is 7.43. The molecule has 3 fully saturated rings. The number of hydrogen-bond donors (Lipinski definition) is 0. The smallest absolute Gasteiger partial charge is 0.263 e. The summed E-state index contributed by atoms with van der Waals surface area (Å²) in [7, 11) is 0. The van der Waals surface area contributed by atoms with Gasteiger partial charge in [0.1, 0.15) is 0 Å². The number of likely N-dealkylation sites (tertiary alicyclic amines) is 2. The maximum atomic E-state index is 12.5. The quantitative estimate of drug-likeness (QED) is 0.795. The molecule has 136 valence electrons. The summed E-state index contributed by atoms with van der Waals surface area (Å²) in [4.78, 5) is 34.1. The zero-order valence-corrected chi connectivity index (χ0v) is 15.4. The van der Waals surface area contributed by atoms with Gasteiger partial charge in [-0.2, -0.15) is 0 Å².